The molecule has 0 spiro atoms. The average molecular weight is 394 g/mol. The molecule has 2 heterocycles. The molecule has 4 rings (SSSR count). The second-order valence-corrected chi connectivity index (χ2v) is 7.95. The van der Waals surface area contributed by atoms with Gasteiger partial charge in [0.15, 0.2) is 0 Å². The first kappa shape index (κ1) is 17.6. The van der Waals surface area contributed by atoms with Gasteiger partial charge in [-0.25, -0.2) is 14.4 Å². The molecule has 0 aliphatic carbocycles. The van der Waals surface area contributed by atoms with E-state index in [0.29, 0.717) is 11.4 Å². The molecular weight excluding hydrogens is 377 g/mol. The molecule has 134 valence electrons. The van der Waals surface area contributed by atoms with Crippen molar-refractivity contribution in [2.45, 2.75) is 6.92 Å². The van der Waals surface area contributed by atoms with E-state index in [9.17, 15) is 4.39 Å². The van der Waals surface area contributed by atoms with Gasteiger partial charge in [-0.1, -0.05) is 47.2 Å². The van der Waals surface area contributed by atoms with Crippen molar-refractivity contribution in [2.75, 3.05) is 0 Å². The van der Waals surface area contributed by atoms with Gasteiger partial charge in [0.05, 0.1) is 4.88 Å². The summed E-state index contributed by atoms with van der Waals surface area (Å²) in [5, 5.41) is 3.65. The summed E-state index contributed by atoms with van der Waals surface area (Å²) in [6, 6.07) is 18.3. The number of halogens is 1. The van der Waals surface area contributed by atoms with Crippen molar-refractivity contribution < 1.29 is 4.39 Å². The SMILES string of the molecule is Cc1ccc(-c2nc(-c3cccs3)c(/N=C(\N)c3ccc(F)cc3)s2)cc1. The lowest BCUT2D eigenvalue weighted by molar-refractivity contribution is 0.628. The topological polar surface area (TPSA) is 51.3 Å². The van der Waals surface area contributed by atoms with E-state index in [4.69, 9.17) is 10.7 Å². The maximum Gasteiger partial charge on any atom is 0.147 e. The van der Waals surface area contributed by atoms with E-state index in [1.165, 1.54) is 29.0 Å². The van der Waals surface area contributed by atoms with Crippen LogP contribution in [0.1, 0.15) is 11.1 Å². The zero-order chi connectivity index (χ0) is 18.8. The second kappa shape index (κ2) is 7.42. The zero-order valence-corrected chi connectivity index (χ0v) is 16.2. The highest BCUT2D eigenvalue weighted by Gasteiger charge is 2.15. The van der Waals surface area contributed by atoms with Crippen LogP contribution in [0.4, 0.5) is 9.39 Å². The van der Waals surface area contributed by atoms with Gasteiger partial charge in [0.1, 0.15) is 27.4 Å². The number of benzene rings is 2. The summed E-state index contributed by atoms with van der Waals surface area (Å²) < 4.78 is 13.2. The predicted molar refractivity (Wildman–Crippen MR) is 112 cm³/mol. The molecule has 0 saturated heterocycles. The van der Waals surface area contributed by atoms with Crippen LogP contribution >= 0.6 is 22.7 Å². The predicted octanol–water partition coefficient (Wildman–Crippen LogP) is 6.02. The summed E-state index contributed by atoms with van der Waals surface area (Å²) in [7, 11) is 0. The van der Waals surface area contributed by atoms with E-state index in [-0.39, 0.29) is 5.82 Å². The number of aliphatic imine (C=N–C) groups is 1. The molecule has 4 aromatic rings. The third kappa shape index (κ3) is 3.82. The molecular formula is C21H16FN3S2. The number of aryl methyl sites for hydroxylation is 1. The lowest BCUT2D eigenvalue weighted by Gasteiger charge is -2.00. The lowest BCUT2D eigenvalue weighted by Crippen LogP contribution is -2.12. The van der Waals surface area contributed by atoms with Gasteiger partial charge in [-0.15, -0.1) is 11.3 Å². The first-order valence-corrected chi connectivity index (χ1v) is 10.0. The molecule has 0 aliphatic rings. The van der Waals surface area contributed by atoms with Crippen LogP contribution in [0.5, 0.6) is 0 Å². The number of amidine groups is 1. The Morgan fingerprint density at radius 2 is 1.78 bits per heavy atom. The highest BCUT2D eigenvalue weighted by molar-refractivity contribution is 7.20. The van der Waals surface area contributed by atoms with Gasteiger partial charge >= 0.3 is 0 Å². The molecule has 6 heteroatoms. The van der Waals surface area contributed by atoms with Gasteiger partial charge in [-0.2, -0.15) is 0 Å². The Morgan fingerprint density at radius 1 is 1.04 bits per heavy atom. The average Bonchev–Trinajstić information content (AvgIpc) is 3.32. The van der Waals surface area contributed by atoms with Crippen LogP contribution in [-0.2, 0) is 0 Å². The summed E-state index contributed by atoms with van der Waals surface area (Å²) in [6.07, 6.45) is 0. The number of hydrogen-bond donors (Lipinski definition) is 1. The fourth-order valence-electron chi connectivity index (χ4n) is 2.58. The molecule has 0 radical (unpaired) electrons. The number of nitrogens with two attached hydrogens (primary N) is 1. The first-order valence-electron chi connectivity index (χ1n) is 8.32. The largest absolute Gasteiger partial charge is 0.383 e. The molecule has 0 saturated carbocycles. The summed E-state index contributed by atoms with van der Waals surface area (Å²) in [6.45, 7) is 2.06. The van der Waals surface area contributed by atoms with Crippen molar-refractivity contribution in [2.24, 2.45) is 10.7 Å². The summed E-state index contributed by atoms with van der Waals surface area (Å²) in [4.78, 5) is 10.5. The highest BCUT2D eigenvalue weighted by atomic mass is 32.1. The van der Waals surface area contributed by atoms with E-state index < -0.39 is 0 Å². The monoisotopic (exact) mass is 393 g/mol. The van der Waals surface area contributed by atoms with Gasteiger partial charge in [0, 0.05) is 11.1 Å². The van der Waals surface area contributed by atoms with E-state index in [0.717, 1.165) is 26.1 Å². The van der Waals surface area contributed by atoms with Crippen molar-refractivity contribution in [3.05, 3.63) is 83.0 Å². The van der Waals surface area contributed by atoms with Crippen molar-refractivity contribution in [3.8, 4) is 21.1 Å². The van der Waals surface area contributed by atoms with Gasteiger partial charge in [0.25, 0.3) is 0 Å². The van der Waals surface area contributed by atoms with E-state index in [1.807, 2.05) is 17.5 Å². The summed E-state index contributed by atoms with van der Waals surface area (Å²) in [5.41, 5.74) is 9.92. The quantitative estimate of drug-likeness (QED) is 0.340. The normalized spacial score (nSPS) is 11.7. The standard InChI is InChI=1S/C21H16FN3S2/c1-13-4-6-15(7-5-13)20-24-18(17-3-2-12-26-17)21(27-20)25-19(23)14-8-10-16(22)11-9-14/h2-12H,1H3,(H2,23,25). The number of thiazole rings is 1. The van der Waals surface area contributed by atoms with E-state index in [1.54, 1.807) is 23.5 Å². The summed E-state index contributed by atoms with van der Waals surface area (Å²) in [5.74, 6) is 0.0391. The first-order chi connectivity index (χ1) is 13.1. The van der Waals surface area contributed by atoms with Crippen LogP contribution in [0, 0.1) is 12.7 Å². The fourth-order valence-corrected chi connectivity index (χ4v) is 4.33. The number of aromatic nitrogens is 1. The third-order valence-electron chi connectivity index (χ3n) is 4.02. The molecule has 0 unspecified atom stereocenters. The Balaban J connectivity index is 1.79. The smallest absolute Gasteiger partial charge is 0.147 e. The maximum absolute atomic E-state index is 13.2. The van der Waals surface area contributed by atoms with Gasteiger partial charge in [-0.05, 0) is 42.6 Å². The number of thiophene rings is 1. The Hall–Kier alpha value is -2.83. The van der Waals surface area contributed by atoms with Crippen molar-refractivity contribution in [1.29, 1.82) is 0 Å². The minimum atomic E-state index is -0.301. The van der Waals surface area contributed by atoms with Crippen LogP contribution in [0.2, 0.25) is 0 Å². The van der Waals surface area contributed by atoms with Crippen molar-refractivity contribution in [1.82, 2.24) is 4.98 Å². The molecule has 2 aromatic carbocycles. The molecule has 0 atom stereocenters. The minimum Gasteiger partial charge on any atom is -0.383 e. The number of nitrogens with zero attached hydrogens (tertiary/aromatic N) is 2. The van der Waals surface area contributed by atoms with Crippen LogP contribution in [-0.4, -0.2) is 10.8 Å². The van der Waals surface area contributed by atoms with Gasteiger partial charge in [-0.3, -0.25) is 0 Å². The molecule has 0 amide bonds. The zero-order valence-electron chi connectivity index (χ0n) is 14.5. The third-order valence-corrected chi connectivity index (χ3v) is 5.90. The molecule has 0 aliphatic heterocycles. The van der Waals surface area contributed by atoms with E-state index in [2.05, 4.69) is 36.2 Å². The molecule has 3 nitrogen and oxygen atoms in total. The van der Waals surface area contributed by atoms with Crippen molar-refractivity contribution in [3.63, 3.8) is 0 Å². The molecule has 2 aromatic heterocycles. The maximum atomic E-state index is 13.2. The summed E-state index contributed by atoms with van der Waals surface area (Å²) >= 11 is 3.11. The highest BCUT2D eigenvalue weighted by Crippen LogP contribution is 2.41. The minimum absolute atomic E-state index is 0.301. The lowest BCUT2D eigenvalue weighted by atomic mass is 10.2. The van der Waals surface area contributed by atoms with Crippen LogP contribution < -0.4 is 5.73 Å². The Labute approximate surface area is 164 Å². The van der Waals surface area contributed by atoms with Crippen LogP contribution in [0.15, 0.2) is 71.0 Å². The fraction of sp³-hybridized carbons (Fsp3) is 0.0476. The van der Waals surface area contributed by atoms with Gasteiger partial charge < -0.3 is 5.73 Å². The van der Waals surface area contributed by atoms with Gasteiger partial charge in [0.2, 0.25) is 0 Å². The van der Waals surface area contributed by atoms with Crippen molar-refractivity contribution >= 4 is 33.5 Å². The Morgan fingerprint density at radius 3 is 2.44 bits per heavy atom. The Kier molecular flexibility index (Phi) is 4.83. The number of hydrogen-bond acceptors (Lipinski definition) is 4. The molecule has 27 heavy (non-hydrogen) atoms. The second-order valence-electron chi connectivity index (χ2n) is 6.02. The van der Waals surface area contributed by atoms with Crippen LogP contribution in [0.25, 0.3) is 21.1 Å². The molecule has 2 N–H and O–H groups in total. The van der Waals surface area contributed by atoms with E-state index >= 15 is 0 Å². The van der Waals surface area contributed by atoms with Crippen LogP contribution in [0.3, 0.4) is 0 Å². The Bertz CT molecular complexity index is 1080. The molecule has 0 bridgehead atoms. The molecule has 0 fully saturated rings. The number of rotatable bonds is 4.